The van der Waals surface area contributed by atoms with E-state index in [1.807, 2.05) is 0 Å². The molecular weight excluding hydrogens is 326 g/mol. The van der Waals surface area contributed by atoms with E-state index in [0.717, 1.165) is 18.7 Å². The smallest absolute Gasteiger partial charge is 0.171 e. The minimum Gasteiger partial charge on any atom is -0.356 e. The van der Waals surface area contributed by atoms with Gasteiger partial charge in [0.05, 0.1) is 20.6 Å². The van der Waals surface area contributed by atoms with Crippen molar-refractivity contribution in [1.29, 1.82) is 0 Å². The van der Waals surface area contributed by atoms with Gasteiger partial charge in [0, 0.05) is 11.3 Å². The predicted molar refractivity (Wildman–Crippen MR) is 112 cm³/mol. The van der Waals surface area contributed by atoms with Crippen molar-refractivity contribution in [1.82, 2.24) is 5.32 Å². The second-order valence-corrected chi connectivity index (χ2v) is 7.29. The number of benzene rings is 2. The van der Waals surface area contributed by atoms with Crippen LogP contribution in [0.5, 0.6) is 0 Å². The number of hydrogen-bond acceptors (Lipinski definition) is 1. The maximum atomic E-state index is 5.50. The third-order valence-corrected chi connectivity index (χ3v) is 4.84. The van der Waals surface area contributed by atoms with E-state index >= 15 is 0 Å². The average molecular weight is 357 g/mol. The Morgan fingerprint density at radius 2 is 1.76 bits per heavy atom. The summed E-state index contributed by atoms with van der Waals surface area (Å²) in [4.78, 5) is 1.38. The number of likely N-dealkylation sites (N-methyl/N-ethyl adjacent to an activating group) is 1. The van der Waals surface area contributed by atoms with Gasteiger partial charge in [-0.3, -0.25) is 0 Å². The Morgan fingerprint density at radius 3 is 2.36 bits per heavy atom. The summed E-state index contributed by atoms with van der Waals surface area (Å²) in [6.45, 7) is 7.16. The number of anilines is 1. The van der Waals surface area contributed by atoms with Crippen LogP contribution in [0.3, 0.4) is 0 Å². The fourth-order valence-corrected chi connectivity index (χ4v) is 3.07. The molecule has 3 nitrogen and oxygen atoms in total. The maximum Gasteiger partial charge on any atom is 0.171 e. The van der Waals surface area contributed by atoms with Gasteiger partial charge in [-0.15, -0.1) is 0 Å². The first kappa shape index (κ1) is 19.4. The number of aryl methyl sites for hydroxylation is 3. The number of nitrogens with one attached hydrogen (secondary N) is 3. The van der Waals surface area contributed by atoms with Crippen molar-refractivity contribution in [3.8, 4) is 0 Å². The van der Waals surface area contributed by atoms with Gasteiger partial charge in [-0.2, -0.15) is 0 Å². The van der Waals surface area contributed by atoms with Crippen molar-refractivity contribution in [2.24, 2.45) is 0 Å². The Labute approximate surface area is 157 Å². The molecule has 0 saturated carbocycles. The molecule has 0 saturated heterocycles. The molecule has 134 valence electrons. The van der Waals surface area contributed by atoms with Gasteiger partial charge >= 0.3 is 0 Å². The summed E-state index contributed by atoms with van der Waals surface area (Å²) < 4.78 is 0. The van der Waals surface area contributed by atoms with Gasteiger partial charge in [0.1, 0.15) is 6.04 Å². The molecule has 0 unspecified atom stereocenters. The summed E-state index contributed by atoms with van der Waals surface area (Å²) in [5, 5.41) is 7.38. The van der Waals surface area contributed by atoms with Crippen LogP contribution in [0.4, 0.5) is 5.69 Å². The van der Waals surface area contributed by atoms with Gasteiger partial charge in [-0.1, -0.05) is 43.3 Å². The van der Waals surface area contributed by atoms with Gasteiger partial charge in [-0.05, 0) is 55.2 Å². The zero-order valence-electron chi connectivity index (χ0n) is 15.9. The summed E-state index contributed by atoms with van der Waals surface area (Å²) >= 11 is 5.50. The lowest BCUT2D eigenvalue weighted by Gasteiger charge is -2.23. The molecule has 0 spiro atoms. The summed E-state index contributed by atoms with van der Waals surface area (Å²) in [6, 6.07) is 15.6. The van der Waals surface area contributed by atoms with E-state index in [2.05, 4.69) is 88.0 Å². The Morgan fingerprint density at radius 1 is 1.08 bits per heavy atom. The molecule has 0 aliphatic rings. The van der Waals surface area contributed by atoms with Crippen LogP contribution in [0.15, 0.2) is 42.5 Å². The van der Waals surface area contributed by atoms with Crippen molar-refractivity contribution in [3.63, 3.8) is 0 Å². The summed E-state index contributed by atoms with van der Waals surface area (Å²) in [5.41, 5.74) is 6.19. The molecule has 0 radical (unpaired) electrons. The molecule has 0 fully saturated rings. The molecule has 25 heavy (non-hydrogen) atoms. The highest BCUT2D eigenvalue weighted by atomic mass is 32.1. The van der Waals surface area contributed by atoms with E-state index in [0.29, 0.717) is 11.2 Å². The SMILES string of the molecule is CCc1ccc([C@@H](CNC(=S)Nc2cc(C)ccc2C)[NH+](C)C)cc1. The molecule has 0 bridgehead atoms. The number of thiocarbonyl (C=S) groups is 1. The van der Waals surface area contributed by atoms with Gasteiger partial charge in [0.15, 0.2) is 5.11 Å². The van der Waals surface area contributed by atoms with Gasteiger partial charge < -0.3 is 15.5 Å². The number of quaternary nitrogens is 1. The molecule has 0 aromatic heterocycles. The highest BCUT2D eigenvalue weighted by molar-refractivity contribution is 7.80. The Kier molecular flexibility index (Phi) is 6.97. The lowest BCUT2D eigenvalue weighted by molar-refractivity contribution is -0.890. The van der Waals surface area contributed by atoms with Gasteiger partial charge in [-0.25, -0.2) is 0 Å². The highest BCUT2D eigenvalue weighted by Crippen LogP contribution is 2.16. The monoisotopic (exact) mass is 356 g/mol. The van der Waals surface area contributed by atoms with Crippen molar-refractivity contribution < 1.29 is 4.90 Å². The van der Waals surface area contributed by atoms with Crippen molar-refractivity contribution in [2.45, 2.75) is 33.2 Å². The predicted octanol–water partition coefficient (Wildman–Crippen LogP) is 3.04. The summed E-state index contributed by atoms with van der Waals surface area (Å²) in [6.07, 6.45) is 1.07. The first-order valence-corrected chi connectivity index (χ1v) is 9.32. The fraction of sp³-hybridized carbons (Fsp3) is 0.381. The summed E-state index contributed by atoms with van der Waals surface area (Å²) in [7, 11) is 4.36. The van der Waals surface area contributed by atoms with Gasteiger partial charge in [0.2, 0.25) is 0 Å². The Balaban J connectivity index is 2.00. The minimum absolute atomic E-state index is 0.351. The van der Waals surface area contributed by atoms with Gasteiger partial charge in [0.25, 0.3) is 0 Å². The standard InChI is InChI=1S/C21H29N3S/c1-6-17-9-11-18(12-10-17)20(24(4)5)14-22-21(25)23-19-13-15(2)7-8-16(19)3/h7-13,20H,6,14H2,1-5H3,(H2,22,23,25)/p+1/t20-/m1/s1. The van der Waals surface area contributed by atoms with Crippen LogP contribution in [-0.2, 0) is 6.42 Å². The molecule has 0 aliphatic carbocycles. The lowest BCUT2D eigenvalue weighted by atomic mass is 10.0. The molecule has 3 N–H and O–H groups in total. The molecule has 2 aromatic rings. The maximum absolute atomic E-state index is 5.50. The van der Waals surface area contributed by atoms with E-state index in [4.69, 9.17) is 12.2 Å². The first-order valence-electron chi connectivity index (χ1n) is 8.91. The van der Waals surface area contributed by atoms with E-state index in [9.17, 15) is 0 Å². The quantitative estimate of drug-likeness (QED) is 0.695. The average Bonchev–Trinajstić information content (AvgIpc) is 2.58. The van der Waals surface area contributed by atoms with Crippen LogP contribution in [-0.4, -0.2) is 25.8 Å². The molecule has 0 heterocycles. The van der Waals surface area contributed by atoms with Crippen molar-refractivity contribution in [2.75, 3.05) is 26.0 Å². The van der Waals surface area contributed by atoms with E-state index in [1.54, 1.807) is 0 Å². The molecule has 2 rings (SSSR count). The van der Waals surface area contributed by atoms with E-state index < -0.39 is 0 Å². The van der Waals surface area contributed by atoms with Crippen molar-refractivity contribution >= 4 is 23.0 Å². The van der Waals surface area contributed by atoms with E-state index in [-0.39, 0.29) is 0 Å². The molecule has 0 aliphatic heterocycles. The van der Waals surface area contributed by atoms with Crippen LogP contribution in [0.25, 0.3) is 0 Å². The molecule has 1 atom stereocenters. The number of hydrogen-bond donors (Lipinski definition) is 3. The zero-order chi connectivity index (χ0) is 18.4. The largest absolute Gasteiger partial charge is 0.356 e. The van der Waals surface area contributed by atoms with Crippen LogP contribution in [0.1, 0.15) is 35.2 Å². The van der Waals surface area contributed by atoms with Crippen LogP contribution in [0, 0.1) is 13.8 Å². The molecule has 0 amide bonds. The minimum atomic E-state index is 0.351. The third kappa shape index (κ3) is 5.55. The van der Waals surface area contributed by atoms with Crippen LogP contribution in [0.2, 0.25) is 0 Å². The van der Waals surface area contributed by atoms with Crippen LogP contribution >= 0.6 is 12.2 Å². The Bertz CT molecular complexity index is 708. The number of rotatable bonds is 6. The topological polar surface area (TPSA) is 28.5 Å². The third-order valence-electron chi connectivity index (χ3n) is 4.60. The second-order valence-electron chi connectivity index (χ2n) is 6.88. The fourth-order valence-electron chi connectivity index (χ4n) is 2.87. The molecular formula is C21H30N3S+. The van der Waals surface area contributed by atoms with Crippen molar-refractivity contribution in [3.05, 3.63) is 64.7 Å². The normalized spacial score (nSPS) is 12.1. The van der Waals surface area contributed by atoms with E-state index in [1.165, 1.54) is 27.2 Å². The first-order chi connectivity index (χ1) is 11.9. The summed E-state index contributed by atoms with van der Waals surface area (Å²) in [5.74, 6) is 0. The lowest BCUT2D eigenvalue weighted by Crippen LogP contribution is -3.07. The second kappa shape index (κ2) is 8.97. The molecule has 2 aromatic carbocycles. The molecule has 4 heteroatoms. The van der Waals surface area contributed by atoms with Crippen LogP contribution < -0.4 is 15.5 Å². The highest BCUT2D eigenvalue weighted by Gasteiger charge is 2.18. The Hall–Kier alpha value is -1.91. The zero-order valence-corrected chi connectivity index (χ0v) is 16.8.